The van der Waals surface area contributed by atoms with Crippen molar-refractivity contribution >= 4 is 11.9 Å². The fourth-order valence-electron chi connectivity index (χ4n) is 0.705. The van der Waals surface area contributed by atoms with Gasteiger partial charge in [-0.05, 0) is 20.8 Å². The molecule has 0 bridgehead atoms. The molecule has 12 heavy (non-hydrogen) atoms. The fourth-order valence-corrected chi connectivity index (χ4v) is 0.705. The second kappa shape index (κ2) is 2.92. The van der Waals surface area contributed by atoms with Crippen LogP contribution in [0.25, 0.3) is 0 Å². The standard InChI is InChI=1S/C7H13N5/c1-7(2,3)12-6-10-4-9-5(8)11-6/h4H,1-3H3,(H3,8,9,10,11,12). The van der Waals surface area contributed by atoms with Gasteiger partial charge in [-0.15, -0.1) is 0 Å². The Morgan fingerprint density at radius 1 is 1.33 bits per heavy atom. The average molecular weight is 167 g/mol. The number of anilines is 2. The summed E-state index contributed by atoms with van der Waals surface area (Å²) in [6.07, 6.45) is 1.39. The smallest absolute Gasteiger partial charge is 0.227 e. The van der Waals surface area contributed by atoms with Crippen LogP contribution >= 0.6 is 0 Å². The number of nitrogens with one attached hydrogen (secondary N) is 1. The summed E-state index contributed by atoms with van der Waals surface area (Å²) in [5, 5.41) is 3.08. The molecule has 0 saturated heterocycles. The van der Waals surface area contributed by atoms with Gasteiger partial charge in [-0.2, -0.15) is 4.98 Å². The monoisotopic (exact) mass is 167 g/mol. The van der Waals surface area contributed by atoms with Gasteiger partial charge in [-0.1, -0.05) is 0 Å². The highest BCUT2D eigenvalue weighted by Crippen LogP contribution is 2.08. The number of hydrogen-bond donors (Lipinski definition) is 2. The molecule has 1 aromatic heterocycles. The third-order valence-corrected chi connectivity index (χ3v) is 1.08. The molecule has 0 radical (unpaired) electrons. The predicted molar refractivity (Wildman–Crippen MR) is 47.6 cm³/mol. The quantitative estimate of drug-likeness (QED) is 0.642. The minimum absolute atomic E-state index is 0.0617. The summed E-state index contributed by atoms with van der Waals surface area (Å²) in [6, 6.07) is 0. The van der Waals surface area contributed by atoms with Crippen molar-refractivity contribution in [2.75, 3.05) is 11.1 Å². The van der Waals surface area contributed by atoms with E-state index in [4.69, 9.17) is 5.73 Å². The van der Waals surface area contributed by atoms with E-state index in [2.05, 4.69) is 20.3 Å². The van der Waals surface area contributed by atoms with Crippen LogP contribution in [0.3, 0.4) is 0 Å². The average Bonchev–Trinajstić information content (AvgIpc) is 1.82. The molecule has 1 aromatic rings. The molecule has 0 saturated carbocycles. The molecule has 0 aliphatic rings. The maximum atomic E-state index is 5.38. The predicted octanol–water partition coefficient (Wildman–Crippen LogP) is 0.664. The molecule has 0 unspecified atom stereocenters. The van der Waals surface area contributed by atoms with Crippen LogP contribution in [0.15, 0.2) is 6.33 Å². The lowest BCUT2D eigenvalue weighted by Crippen LogP contribution is -2.27. The van der Waals surface area contributed by atoms with Crippen molar-refractivity contribution in [1.82, 2.24) is 15.0 Å². The van der Waals surface area contributed by atoms with Crippen LogP contribution in [0.4, 0.5) is 11.9 Å². The fraction of sp³-hybridized carbons (Fsp3) is 0.571. The van der Waals surface area contributed by atoms with E-state index in [1.807, 2.05) is 20.8 Å². The zero-order chi connectivity index (χ0) is 9.19. The topological polar surface area (TPSA) is 76.7 Å². The molecule has 66 valence electrons. The molecular weight excluding hydrogens is 154 g/mol. The van der Waals surface area contributed by atoms with Gasteiger partial charge in [-0.25, -0.2) is 9.97 Å². The van der Waals surface area contributed by atoms with Gasteiger partial charge >= 0.3 is 0 Å². The number of nitrogen functional groups attached to an aromatic ring is 1. The first-order valence-corrected chi connectivity index (χ1v) is 3.70. The lowest BCUT2D eigenvalue weighted by molar-refractivity contribution is 0.625. The summed E-state index contributed by atoms with van der Waals surface area (Å²) < 4.78 is 0. The zero-order valence-corrected chi connectivity index (χ0v) is 7.50. The van der Waals surface area contributed by atoms with Crippen LogP contribution in [0.2, 0.25) is 0 Å². The van der Waals surface area contributed by atoms with E-state index in [0.717, 1.165) is 0 Å². The Labute approximate surface area is 71.4 Å². The van der Waals surface area contributed by atoms with Crippen LogP contribution in [0.1, 0.15) is 20.8 Å². The Hall–Kier alpha value is -1.39. The summed E-state index contributed by atoms with van der Waals surface area (Å²) in [7, 11) is 0. The molecule has 5 heteroatoms. The molecule has 0 amide bonds. The van der Waals surface area contributed by atoms with Crippen molar-refractivity contribution in [3.05, 3.63) is 6.33 Å². The van der Waals surface area contributed by atoms with Crippen LogP contribution in [0.5, 0.6) is 0 Å². The summed E-state index contributed by atoms with van der Waals surface area (Å²) in [5.41, 5.74) is 5.31. The molecule has 0 aliphatic carbocycles. The summed E-state index contributed by atoms with van der Waals surface area (Å²) in [6.45, 7) is 6.06. The Morgan fingerprint density at radius 2 is 2.00 bits per heavy atom. The molecule has 0 fully saturated rings. The summed E-state index contributed by atoms with van der Waals surface area (Å²) in [4.78, 5) is 11.5. The third kappa shape index (κ3) is 2.69. The maximum Gasteiger partial charge on any atom is 0.227 e. The van der Waals surface area contributed by atoms with Crippen molar-refractivity contribution < 1.29 is 0 Å². The molecule has 3 N–H and O–H groups in total. The van der Waals surface area contributed by atoms with Gasteiger partial charge in [0.15, 0.2) is 0 Å². The zero-order valence-electron chi connectivity index (χ0n) is 7.50. The lowest BCUT2D eigenvalue weighted by Gasteiger charge is -2.19. The van der Waals surface area contributed by atoms with Crippen LogP contribution in [0, 0.1) is 0 Å². The minimum atomic E-state index is -0.0617. The first-order valence-electron chi connectivity index (χ1n) is 3.70. The van der Waals surface area contributed by atoms with Gasteiger partial charge in [0.25, 0.3) is 0 Å². The van der Waals surface area contributed by atoms with Crippen LogP contribution in [-0.4, -0.2) is 20.5 Å². The maximum absolute atomic E-state index is 5.38. The number of nitrogens with zero attached hydrogens (tertiary/aromatic N) is 3. The molecule has 0 atom stereocenters. The summed E-state index contributed by atoms with van der Waals surface area (Å²) in [5.74, 6) is 0.742. The molecule has 1 heterocycles. The molecule has 0 aromatic carbocycles. The molecule has 0 aliphatic heterocycles. The second-order valence-corrected chi connectivity index (χ2v) is 3.54. The number of rotatable bonds is 1. The molecule has 5 nitrogen and oxygen atoms in total. The second-order valence-electron chi connectivity index (χ2n) is 3.54. The Balaban J connectivity index is 2.77. The summed E-state index contributed by atoms with van der Waals surface area (Å²) >= 11 is 0. The number of hydrogen-bond acceptors (Lipinski definition) is 5. The highest BCUT2D eigenvalue weighted by Gasteiger charge is 2.10. The van der Waals surface area contributed by atoms with E-state index in [0.29, 0.717) is 5.95 Å². The van der Waals surface area contributed by atoms with Crippen molar-refractivity contribution in [2.24, 2.45) is 0 Å². The van der Waals surface area contributed by atoms with Crippen molar-refractivity contribution in [3.63, 3.8) is 0 Å². The van der Waals surface area contributed by atoms with Gasteiger partial charge in [0.2, 0.25) is 11.9 Å². The Bertz CT molecular complexity index is 265. The number of nitrogens with two attached hydrogens (primary N) is 1. The third-order valence-electron chi connectivity index (χ3n) is 1.08. The highest BCUT2D eigenvalue weighted by atomic mass is 15.2. The molecule has 1 rings (SSSR count). The first kappa shape index (κ1) is 8.70. The van der Waals surface area contributed by atoms with E-state index in [9.17, 15) is 0 Å². The van der Waals surface area contributed by atoms with Gasteiger partial charge in [0.1, 0.15) is 6.33 Å². The van der Waals surface area contributed by atoms with E-state index in [1.165, 1.54) is 6.33 Å². The normalized spacial score (nSPS) is 11.2. The first-order chi connectivity index (χ1) is 5.47. The number of aromatic nitrogens is 3. The van der Waals surface area contributed by atoms with Crippen molar-refractivity contribution in [2.45, 2.75) is 26.3 Å². The largest absolute Gasteiger partial charge is 0.368 e. The Morgan fingerprint density at radius 3 is 2.50 bits per heavy atom. The van der Waals surface area contributed by atoms with Gasteiger partial charge < -0.3 is 11.1 Å². The van der Waals surface area contributed by atoms with Crippen LogP contribution in [-0.2, 0) is 0 Å². The van der Waals surface area contributed by atoms with Crippen molar-refractivity contribution in [3.8, 4) is 0 Å². The molecular formula is C7H13N5. The van der Waals surface area contributed by atoms with Gasteiger partial charge in [-0.3, -0.25) is 0 Å². The van der Waals surface area contributed by atoms with E-state index in [1.54, 1.807) is 0 Å². The van der Waals surface area contributed by atoms with Gasteiger partial charge in [0, 0.05) is 5.54 Å². The highest BCUT2D eigenvalue weighted by molar-refractivity contribution is 5.31. The van der Waals surface area contributed by atoms with Crippen LogP contribution < -0.4 is 11.1 Å². The molecule has 0 spiro atoms. The van der Waals surface area contributed by atoms with E-state index < -0.39 is 0 Å². The Kier molecular flexibility index (Phi) is 2.12. The minimum Gasteiger partial charge on any atom is -0.368 e. The van der Waals surface area contributed by atoms with E-state index in [-0.39, 0.29) is 11.5 Å². The SMILES string of the molecule is CC(C)(C)Nc1ncnc(N)n1. The van der Waals surface area contributed by atoms with E-state index >= 15 is 0 Å². The lowest BCUT2D eigenvalue weighted by atomic mass is 10.1. The van der Waals surface area contributed by atoms with Crippen molar-refractivity contribution in [1.29, 1.82) is 0 Å². The van der Waals surface area contributed by atoms with Gasteiger partial charge in [0.05, 0.1) is 0 Å².